The molecule has 1 N–H and O–H groups in total. The van der Waals surface area contributed by atoms with Gasteiger partial charge >= 0.3 is 0 Å². The molecule has 0 saturated heterocycles. The first-order valence-corrected chi connectivity index (χ1v) is 10.9. The summed E-state index contributed by atoms with van der Waals surface area (Å²) < 4.78 is 2.19. The van der Waals surface area contributed by atoms with Crippen molar-refractivity contribution in [2.45, 2.75) is 19.0 Å². The molecule has 0 radical (unpaired) electrons. The van der Waals surface area contributed by atoms with Gasteiger partial charge in [0.05, 0.1) is 17.0 Å². The van der Waals surface area contributed by atoms with Crippen molar-refractivity contribution >= 4 is 44.9 Å². The van der Waals surface area contributed by atoms with E-state index in [-0.39, 0.29) is 17.2 Å². The van der Waals surface area contributed by atoms with Crippen molar-refractivity contribution in [3.8, 4) is 5.69 Å². The van der Waals surface area contributed by atoms with Gasteiger partial charge in [0.1, 0.15) is 4.70 Å². The molecule has 146 valence electrons. The number of hydrogen-bond donors (Lipinski definition) is 1. The lowest BCUT2D eigenvalue weighted by molar-refractivity contribution is -0.113. The Labute approximate surface area is 176 Å². The van der Waals surface area contributed by atoms with Gasteiger partial charge in [-0.1, -0.05) is 42.1 Å². The minimum atomic E-state index is -0.136. The second kappa shape index (κ2) is 8.23. The van der Waals surface area contributed by atoms with Gasteiger partial charge in [-0.25, -0.2) is 4.98 Å². The minimum Gasteiger partial charge on any atom is -0.325 e. The van der Waals surface area contributed by atoms with Gasteiger partial charge in [0.15, 0.2) is 5.16 Å². The Kier molecular flexibility index (Phi) is 5.51. The maximum Gasteiger partial charge on any atom is 0.276 e. The molecule has 0 saturated carbocycles. The molecule has 0 aliphatic carbocycles. The first kappa shape index (κ1) is 19.4. The summed E-state index contributed by atoms with van der Waals surface area (Å²) in [6, 6.07) is 17.2. The summed E-state index contributed by atoms with van der Waals surface area (Å²) in [5, 5.41) is 5.31. The molecule has 4 aromatic rings. The van der Waals surface area contributed by atoms with E-state index in [4.69, 9.17) is 0 Å². The number of thiophene rings is 1. The molecule has 7 heteroatoms. The summed E-state index contributed by atoms with van der Waals surface area (Å²) in [6.07, 6.45) is 0. The topological polar surface area (TPSA) is 64.0 Å². The number of para-hydroxylation sites is 1. The number of anilines is 1. The van der Waals surface area contributed by atoms with Gasteiger partial charge in [-0.3, -0.25) is 14.2 Å². The molecule has 0 aliphatic heterocycles. The quantitative estimate of drug-likeness (QED) is 0.372. The van der Waals surface area contributed by atoms with Gasteiger partial charge < -0.3 is 5.32 Å². The third kappa shape index (κ3) is 4.11. The second-order valence-corrected chi connectivity index (χ2v) is 8.52. The van der Waals surface area contributed by atoms with Crippen LogP contribution in [0.1, 0.15) is 11.1 Å². The Balaban J connectivity index is 1.63. The number of fused-ring (bicyclic) bond motifs is 1. The van der Waals surface area contributed by atoms with Crippen LogP contribution in [0.4, 0.5) is 5.69 Å². The monoisotopic (exact) mass is 421 g/mol. The SMILES string of the molecule is Cc1ccc(C)c(NC(=O)CSc2nc3ccsc3c(=O)n2-c2ccccc2)c1. The zero-order valence-electron chi connectivity index (χ0n) is 16.0. The van der Waals surface area contributed by atoms with E-state index in [0.717, 1.165) is 22.5 Å². The van der Waals surface area contributed by atoms with Crippen LogP contribution in [0.15, 0.2) is 69.9 Å². The van der Waals surface area contributed by atoms with Crippen molar-refractivity contribution in [2.75, 3.05) is 11.1 Å². The van der Waals surface area contributed by atoms with Crippen LogP contribution in [0.2, 0.25) is 0 Å². The number of thioether (sulfide) groups is 1. The van der Waals surface area contributed by atoms with E-state index in [1.54, 1.807) is 4.57 Å². The van der Waals surface area contributed by atoms with E-state index in [1.165, 1.54) is 23.1 Å². The highest BCUT2D eigenvalue weighted by Gasteiger charge is 2.16. The van der Waals surface area contributed by atoms with Crippen molar-refractivity contribution in [1.29, 1.82) is 0 Å². The highest BCUT2D eigenvalue weighted by Crippen LogP contribution is 2.24. The van der Waals surface area contributed by atoms with E-state index in [0.29, 0.717) is 15.4 Å². The van der Waals surface area contributed by atoms with Gasteiger partial charge in [-0.05, 0) is 54.6 Å². The molecule has 2 aromatic carbocycles. The van der Waals surface area contributed by atoms with Crippen LogP contribution < -0.4 is 10.9 Å². The van der Waals surface area contributed by atoms with E-state index in [1.807, 2.05) is 73.8 Å². The molecule has 0 spiro atoms. The number of carbonyl (C=O) groups excluding carboxylic acids is 1. The third-order valence-electron chi connectivity index (χ3n) is 4.46. The fourth-order valence-electron chi connectivity index (χ4n) is 2.98. The lowest BCUT2D eigenvalue weighted by Crippen LogP contribution is -2.22. The van der Waals surface area contributed by atoms with E-state index >= 15 is 0 Å². The van der Waals surface area contributed by atoms with Crippen LogP contribution in [-0.4, -0.2) is 21.2 Å². The molecule has 0 bridgehead atoms. The Morgan fingerprint density at radius 3 is 2.72 bits per heavy atom. The third-order valence-corrected chi connectivity index (χ3v) is 6.29. The van der Waals surface area contributed by atoms with Crippen molar-refractivity contribution < 1.29 is 4.79 Å². The largest absolute Gasteiger partial charge is 0.325 e. The number of benzene rings is 2. The zero-order valence-corrected chi connectivity index (χ0v) is 17.6. The van der Waals surface area contributed by atoms with Crippen molar-refractivity contribution in [3.63, 3.8) is 0 Å². The van der Waals surface area contributed by atoms with Crippen LogP contribution >= 0.6 is 23.1 Å². The molecule has 5 nitrogen and oxygen atoms in total. The predicted octanol–water partition coefficient (Wildman–Crippen LogP) is 4.79. The molecule has 0 aliphatic rings. The van der Waals surface area contributed by atoms with Gasteiger partial charge in [-0.15, -0.1) is 11.3 Å². The summed E-state index contributed by atoms with van der Waals surface area (Å²) >= 11 is 2.63. The van der Waals surface area contributed by atoms with Crippen molar-refractivity contribution in [2.24, 2.45) is 0 Å². The summed E-state index contributed by atoms with van der Waals surface area (Å²) in [4.78, 5) is 30.2. The lowest BCUT2D eigenvalue weighted by Gasteiger charge is -2.12. The van der Waals surface area contributed by atoms with Gasteiger partial charge in [-0.2, -0.15) is 0 Å². The Morgan fingerprint density at radius 1 is 1.14 bits per heavy atom. The first-order valence-electron chi connectivity index (χ1n) is 9.08. The number of aryl methyl sites for hydroxylation is 2. The highest BCUT2D eigenvalue weighted by atomic mass is 32.2. The molecule has 29 heavy (non-hydrogen) atoms. The Morgan fingerprint density at radius 2 is 1.93 bits per heavy atom. The first-order chi connectivity index (χ1) is 14.0. The van der Waals surface area contributed by atoms with E-state index < -0.39 is 0 Å². The standard InChI is InChI=1S/C22H19N3O2S2/c1-14-8-9-15(2)18(12-14)23-19(26)13-29-22-24-17-10-11-28-20(17)21(27)25(22)16-6-4-3-5-7-16/h3-12H,13H2,1-2H3,(H,23,26). The molecule has 0 fully saturated rings. The molecule has 0 atom stereocenters. The maximum atomic E-state index is 13.0. The number of amides is 1. The fourth-order valence-corrected chi connectivity index (χ4v) is 4.55. The van der Waals surface area contributed by atoms with Crippen LogP contribution in [0, 0.1) is 13.8 Å². The average molecular weight is 422 g/mol. The van der Waals surface area contributed by atoms with E-state index in [2.05, 4.69) is 10.3 Å². The minimum absolute atomic E-state index is 0.117. The highest BCUT2D eigenvalue weighted by molar-refractivity contribution is 7.99. The van der Waals surface area contributed by atoms with Gasteiger partial charge in [0.2, 0.25) is 5.91 Å². The molecular weight excluding hydrogens is 402 g/mol. The maximum absolute atomic E-state index is 13.0. The lowest BCUT2D eigenvalue weighted by atomic mass is 10.1. The average Bonchev–Trinajstić information content (AvgIpc) is 3.19. The number of aromatic nitrogens is 2. The smallest absolute Gasteiger partial charge is 0.276 e. The van der Waals surface area contributed by atoms with E-state index in [9.17, 15) is 9.59 Å². The van der Waals surface area contributed by atoms with Gasteiger partial charge in [0, 0.05) is 5.69 Å². The predicted molar refractivity (Wildman–Crippen MR) is 120 cm³/mol. The summed E-state index contributed by atoms with van der Waals surface area (Å²) in [5.74, 6) is 0.0189. The molecule has 2 aromatic heterocycles. The number of nitrogens with one attached hydrogen (secondary N) is 1. The summed E-state index contributed by atoms with van der Waals surface area (Å²) in [5.41, 5.74) is 4.17. The second-order valence-electron chi connectivity index (χ2n) is 6.66. The van der Waals surface area contributed by atoms with Crippen LogP contribution in [-0.2, 0) is 4.79 Å². The van der Waals surface area contributed by atoms with Crippen LogP contribution in [0.3, 0.4) is 0 Å². The normalized spacial score (nSPS) is 11.0. The van der Waals surface area contributed by atoms with Crippen molar-refractivity contribution in [1.82, 2.24) is 9.55 Å². The number of nitrogens with zero attached hydrogens (tertiary/aromatic N) is 2. The van der Waals surface area contributed by atoms with Crippen LogP contribution in [0.25, 0.3) is 15.9 Å². The summed E-state index contributed by atoms with van der Waals surface area (Å²) in [7, 11) is 0. The Bertz CT molecular complexity index is 1250. The zero-order chi connectivity index (χ0) is 20.4. The number of hydrogen-bond acceptors (Lipinski definition) is 5. The van der Waals surface area contributed by atoms with Gasteiger partial charge in [0.25, 0.3) is 5.56 Å². The van der Waals surface area contributed by atoms with Crippen LogP contribution in [0.5, 0.6) is 0 Å². The molecule has 0 unspecified atom stereocenters. The summed E-state index contributed by atoms with van der Waals surface area (Å²) in [6.45, 7) is 3.95. The number of carbonyl (C=O) groups is 1. The van der Waals surface area contributed by atoms with Crippen molar-refractivity contribution in [3.05, 3.63) is 81.5 Å². The molecular formula is C22H19N3O2S2. The fraction of sp³-hybridized carbons (Fsp3) is 0.136. The molecule has 4 rings (SSSR count). The molecule has 1 amide bonds. The Hall–Kier alpha value is -2.90. The number of rotatable bonds is 5. The molecule has 2 heterocycles.